The van der Waals surface area contributed by atoms with Gasteiger partial charge in [-0.25, -0.2) is 0 Å². The summed E-state index contributed by atoms with van der Waals surface area (Å²) < 4.78 is 0. The predicted molar refractivity (Wildman–Crippen MR) is 58.3 cm³/mol. The normalized spacial score (nSPS) is 9.23. The summed E-state index contributed by atoms with van der Waals surface area (Å²) in [6.45, 7) is 2.87. The van der Waals surface area contributed by atoms with Crippen LogP contribution in [0.15, 0.2) is 9.98 Å². The van der Waals surface area contributed by atoms with Crippen molar-refractivity contribution in [2.75, 3.05) is 13.6 Å². The van der Waals surface area contributed by atoms with Crippen molar-refractivity contribution in [1.82, 2.24) is 5.32 Å². The molecular formula is C6H18ClN5O. The van der Waals surface area contributed by atoms with Gasteiger partial charge in [0.2, 0.25) is 5.96 Å². The van der Waals surface area contributed by atoms with Crippen molar-refractivity contribution in [3.63, 3.8) is 0 Å². The summed E-state index contributed by atoms with van der Waals surface area (Å²) in [4.78, 5) is 7.57. The number of guanidine groups is 2. The molecule has 0 spiro atoms. The fourth-order valence-electron chi connectivity index (χ4n) is 0.528. The average Bonchev–Trinajstić information content (AvgIpc) is 1.97. The topological polar surface area (TPSA) is 120 Å². The Morgan fingerprint density at radius 1 is 1.38 bits per heavy atom. The summed E-state index contributed by atoms with van der Waals surface area (Å²) >= 11 is 0. The molecule has 0 radical (unpaired) electrons. The molecule has 0 aliphatic heterocycles. The van der Waals surface area contributed by atoms with E-state index in [1.807, 2.05) is 0 Å². The monoisotopic (exact) mass is 211 g/mol. The zero-order valence-electron chi connectivity index (χ0n) is 7.87. The molecule has 0 unspecified atom stereocenters. The van der Waals surface area contributed by atoms with Crippen LogP contribution in [0.2, 0.25) is 0 Å². The van der Waals surface area contributed by atoms with Crippen molar-refractivity contribution in [3.8, 4) is 0 Å². The van der Waals surface area contributed by atoms with Crippen LogP contribution < -0.4 is 16.8 Å². The smallest absolute Gasteiger partial charge is 0.220 e. The number of hydrogen-bond acceptors (Lipinski definition) is 1. The highest BCUT2D eigenvalue weighted by Gasteiger charge is 1.91. The maximum atomic E-state index is 5.15. The van der Waals surface area contributed by atoms with E-state index in [1.165, 1.54) is 0 Å². The van der Waals surface area contributed by atoms with Crippen molar-refractivity contribution in [1.29, 1.82) is 0 Å². The molecule has 0 saturated heterocycles. The SMILES string of the molecule is CCCNC(N=C(N)N)=NC.Cl.O. The molecule has 0 amide bonds. The first kappa shape index (κ1) is 17.9. The fraction of sp³-hybridized carbons (Fsp3) is 0.667. The molecule has 7 heteroatoms. The Balaban J connectivity index is -0.000000500. The maximum Gasteiger partial charge on any atom is 0.220 e. The third-order valence-electron chi connectivity index (χ3n) is 0.980. The maximum absolute atomic E-state index is 5.15. The second kappa shape index (κ2) is 11.0. The van der Waals surface area contributed by atoms with E-state index in [2.05, 4.69) is 22.2 Å². The van der Waals surface area contributed by atoms with E-state index in [4.69, 9.17) is 11.5 Å². The van der Waals surface area contributed by atoms with Gasteiger partial charge in [-0.3, -0.25) is 4.99 Å². The van der Waals surface area contributed by atoms with Gasteiger partial charge in [0.1, 0.15) is 0 Å². The van der Waals surface area contributed by atoms with Crippen LogP contribution in [-0.4, -0.2) is 31.0 Å². The molecule has 0 rings (SSSR count). The van der Waals surface area contributed by atoms with Crippen LogP contribution in [-0.2, 0) is 0 Å². The molecule has 0 fully saturated rings. The van der Waals surface area contributed by atoms with Gasteiger partial charge in [0.25, 0.3) is 0 Å². The van der Waals surface area contributed by atoms with Gasteiger partial charge < -0.3 is 22.3 Å². The van der Waals surface area contributed by atoms with Gasteiger partial charge in [-0.05, 0) is 6.42 Å². The minimum Gasteiger partial charge on any atom is -0.412 e. The molecule has 0 bridgehead atoms. The van der Waals surface area contributed by atoms with Gasteiger partial charge in [0.05, 0.1) is 0 Å². The molecule has 0 aromatic carbocycles. The Kier molecular flexibility index (Phi) is 15.1. The lowest BCUT2D eigenvalue weighted by Gasteiger charge is -2.01. The lowest BCUT2D eigenvalue weighted by Crippen LogP contribution is -2.30. The number of halogens is 1. The van der Waals surface area contributed by atoms with Crippen LogP contribution in [0.4, 0.5) is 0 Å². The first-order valence-electron chi connectivity index (χ1n) is 3.51. The van der Waals surface area contributed by atoms with Crippen molar-refractivity contribution in [2.45, 2.75) is 13.3 Å². The molecule has 6 nitrogen and oxygen atoms in total. The van der Waals surface area contributed by atoms with Crippen LogP contribution in [0, 0.1) is 0 Å². The molecule has 13 heavy (non-hydrogen) atoms. The number of nitrogens with one attached hydrogen (secondary N) is 1. The minimum atomic E-state index is 0. The van der Waals surface area contributed by atoms with Gasteiger partial charge >= 0.3 is 0 Å². The Bertz CT molecular complexity index is 166. The van der Waals surface area contributed by atoms with E-state index in [0.717, 1.165) is 13.0 Å². The summed E-state index contributed by atoms with van der Waals surface area (Å²) in [5, 5.41) is 2.95. The standard InChI is InChI=1S/C6H15N5.ClH.H2O/c1-3-4-10-6(9-2)11-5(7)8;;/h3-4H2,1-2H3,(H5,7,8,9,10,11);1H;1H2. The van der Waals surface area contributed by atoms with Crippen molar-refractivity contribution < 1.29 is 5.48 Å². The van der Waals surface area contributed by atoms with Crippen LogP contribution in [0.5, 0.6) is 0 Å². The minimum absolute atomic E-state index is 0. The van der Waals surface area contributed by atoms with Crippen molar-refractivity contribution >= 4 is 24.3 Å². The number of aliphatic imine (C=N–C) groups is 2. The van der Waals surface area contributed by atoms with E-state index in [-0.39, 0.29) is 23.8 Å². The predicted octanol–water partition coefficient (Wildman–Crippen LogP) is -1.16. The van der Waals surface area contributed by atoms with Crippen molar-refractivity contribution in [2.24, 2.45) is 21.5 Å². The molecule has 80 valence electrons. The summed E-state index contributed by atoms with van der Waals surface area (Å²) in [7, 11) is 1.63. The van der Waals surface area contributed by atoms with Crippen LogP contribution >= 0.6 is 12.4 Å². The summed E-state index contributed by atoms with van der Waals surface area (Å²) in [5.74, 6) is 0.501. The molecule has 0 atom stereocenters. The van der Waals surface area contributed by atoms with Gasteiger partial charge in [0, 0.05) is 13.6 Å². The lowest BCUT2D eigenvalue weighted by atomic mass is 10.5. The molecule has 0 aliphatic rings. The highest BCUT2D eigenvalue weighted by atomic mass is 35.5. The Morgan fingerprint density at radius 2 is 1.92 bits per heavy atom. The highest BCUT2D eigenvalue weighted by Crippen LogP contribution is 1.76. The first-order chi connectivity index (χ1) is 5.20. The summed E-state index contributed by atoms with van der Waals surface area (Å²) in [6.07, 6.45) is 1.01. The van der Waals surface area contributed by atoms with Crippen molar-refractivity contribution in [3.05, 3.63) is 0 Å². The first-order valence-corrected chi connectivity index (χ1v) is 3.51. The van der Waals surface area contributed by atoms with E-state index in [1.54, 1.807) is 7.05 Å². The van der Waals surface area contributed by atoms with E-state index in [0.29, 0.717) is 5.96 Å². The summed E-state index contributed by atoms with van der Waals surface area (Å²) in [5.41, 5.74) is 10.3. The van der Waals surface area contributed by atoms with E-state index in [9.17, 15) is 0 Å². The molecule has 0 saturated carbocycles. The molecule has 0 aromatic heterocycles. The second-order valence-corrected chi connectivity index (χ2v) is 2.01. The van der Waals surface area contributed by atoms with Gasteiger partial charge in [-0.1, -0.05) is 6.92 Å². The summed E-state index contributed by atoms with van der Waals surface area (Å²) in [6, 6.07) is 0. The van der Waals surface area contributed by atoms with E-state index >= 15 is 0 Å². The van der Waals surface area contributed by atoms with E-state index < -0.39 is 0 Å². The number of hydrogen-bond donors (Lipinski definition) is 3. The highest BCUT2D eigenvalue weighted by molar-refractivity contribution is 5.93. The number of rotatable bonds is 2. The third-order valence-corrected chi connectivity index (χ3v) is 0.980. The Hall–Kier alpha value is -1.01. The molecule has 0 aliphatic carbocycles. The second-order valence-electron chi connectivity index (χ2n) is 2.01. The molecular weight excluding hydrogens is 194 g/mol. The molecule has 7 N–H and O–H groups in total. The van der Waals surface area contributed by atoms with Crippen LogP contribution in [0.1, 0.15) is 13.3 Å². The zero-order valence-corrected chi connectivity index (χ0v) is 8.69. The lowest BCUT2D eigenvalue weighted by molar-refractivity contribution is 0.824. The molecule has 0 heterocycles. The number of nitrogens with zero attached hydrogens (tertiary/aromatic N) is 2. The Morgan fingerprint density at radius 3 is 2.23 bits per heavy atom. The molecule has 0 aromatic rings. The quantitative estimate of drug-likeness (QED) is 0.395. The van der Waals surface area contributed by atoms with Crippen LogP contribution in [0.25, 0.3) is 0 Å². The van der Waals surface area contributed by atoms with Crippen LogP contribution in [0.3, 0.4) is 0 Å². The third kappa shape index (κ3) is 11.0. The number of nitrogens with two attached hydrogens (primary N) is 2. The largest absolute Gasteiger partial charge is 0.412 e. The fourth-order valence-corrected chi connectivity index (χ4v) is 0.528. The van der Waals surface area contributed by atoms with Gasteiger partial charge in [-0.2, -0.15) is 4.99 Å². The van der Waals surface area contributed by atoms with Gasteiger partial charge in [-0.15, -0.1) is 12.4 Å². The average molecular weight is 212 g/mol. The zero-order chi connectivity index (χ0) is 8.69. The van der Waals surface area contributed by atoms with Gasteiger partial charge in [0.15, 0.2) is 5.96 Å². The Labute approximate surface area is 84.2 Å².